The third-order valence-corrected chi connectivity index (χ3v) is 2.80. The van der Waals surface area contributed by atoms with Gasteiger partial charge in [0.2, 0.25) is 0 Å². The molecule has 1 heterocycles. The summed E-state index contributed by atoms with van der Waals surface area (Å²) in [6.45, 7) is 6.26. The number of aliphatic hydroxyl groups excluding tert-OH is 1. The molecule has 0 aliphatic heterocycles. The van der Waals surface area contributed by atoms with Gasteiger partial charge in [-0.2, -0.15) is 0 Å². The molecule has 0 saturated carbocycles. The van der Waals surface area contributed by atoms with E-state index in [-0.39, 0.29) is 6.61 Å². The molecule has 1 aromatic carbocycles. The molecule has 0 radical (unpaired) electrons. The Bertz CT molecular complexity index is 515. The Morgan fingerprint density at radius 2 is 2.12 bits per heavy atom. The normalized spacial score (nSPS) is 11.1. The molecule has 0 spiro atoms. The van der Waals surface area contributed by atoms with Crippen LogP contribution in [0.5, 0.6) is 0 Å². The molecule has 90 valence electrons. The number of aromatic amines is 1. The van der Waals surface area contributed by atoms with E-state index in [1.165, 1.54) is 5.56 Å². The van der Waals surface area contributed by atoms with E-state index < -0.39 is 0 Å². The highest BCUT2D eigenvalue weighted by molar-refractivity contribution is 5.63. The van der Waals surface area contributed by atoms with Gasteiger partial charge in [0, 0.05) is 11.3 Å². The van der Waals surface area contributed by atoms with Crippen LogP contribution < -0.4 is 0 Å². The van der Waals surface area contributed by atoms with Crippen LogP contribution in [0.25, 0.3) is 11.3 Å². The maximum atomic E-state index is 9.16. The van der Waals surface area contributed by atoms with Crippen molar-refractivity contribution in [1.29, 1.82) is 0 Å². The van der Waals surface area contributed by atoms with Gasteiger partial charge in [-0.05, 0) is 18.9 Å². The first-order valence-electron chi connectivity index (χ1n) is 5.88. The summed E-state index contributed by atoms with van der Waals surface area (Å²) in [5.74, 6) is 0.989. The van der Waals surface area contributed by atoms with Crippen LogP contribution in [0.1, 0.15) is 36.8 Å². The fourth-order valence-electron chi connectivity index (χ4n) is 1.94. The third kappa shape index (κ3) is 2.39. The minimum atomic E-state index is -0.0501. The summed E-state index contributed by atoms with van der Waals surface area (Å²) in [4.78, 5) is 7.64. The predicted molar refractivity (Wildman–Crippen MR) is 68.8 cm³/mol. The molecule has 2 rings (SSSR count). The van der Waals surface area contributed by atoms with Crippen LogP contribution in [-0.2, 0) is 6.61 Å². The maximum absolute atomic E-state index is 9.16. The van der Waals surface area contributed by atoms with E-state index >= 15 is 0 Å². The summed E-state index contributed by atoms with van der Waals surface area (Å²) in [6, 6.07) is 8.26. The fourth-order valence-corrected chi connectivity index (χ4v) is 1.94. The molecular formula is C14H18N2O. The van der Waals surface area contributed by atoms with E-state index in [4.69, 9.17) is 5.11 Å². The van der Waals surface area contributed by atoms with Crippen LogP contribution in [0.4, 0.5) is 0 Å². The lowest BCUT2D eigenvalue weighted by molar-refractivity contribution is 0.272. The molecule has 17 heavy (non-hydrogen) atoms. The Labute approximate surface area is 102 Å². The zero-order valence-electron chi connectivity index (χ0n) is 10.5. The Morgan fingerprint density at radius 1 is 1.35 bits per heavy atom. The van der Waals surface area contributed by atoms with Gasteiger partial charge in [-0.25, -0.2) is 4.98 Å². The number of aryl methyl sites for hydroxylation is 1. The van der Waals surface area contributed by atoms with Crippen molar-refractivity contribution < 1.29 is 5.11 Å². The average Bonchev–Trinajstić information content (AvgIpc) is 2.73. The molecular weight excluding hydrogens is 212 g/mol. The van der Waals surface area contributed by atoms with Crippen molar-refractivity contribution in [3.63, 3.8) is 0 Å². The van der Waals surface area contributed by atoms with Crippen LogP contribution in [0.15, 0.2) is 24.3 Å². The van der Waals surface area contributed by atoms with Crippen molar-refractivity contribution in [3.8, 4) is 11.3 Å². The number of rotatable bonds is 3. The minimum Gasteiger partial charge on any atom is -0.388 e. The Hall–Kier alpha value is -1.61. The lowest BCUT2D eigenvalue weighted by Crippen LogP contribution is -1.92. The van der Waals surface area contributed by atoms with Crippen molar-refractivity contribution in [2.45, 2.75) is 33.3 Å². The Kier molecular flexibility index (Phi) is 3.29. The standard InChI is InChI=1S/C14H18N2O/c1-9(2)13-14(16-12(8-17)15-13)11-6-4-5-10(3)7-11/h4-7,9,17H,8H2,1-3H3,(H,15,16). The number of imidazole rings is 1. The van der Waals surface area contributed by atoms with Gasteiger partial charge in [0.15, 0.2) is 0 Å². The number of nitrogens with zero attached hydrogens (tertiary/aromatic N) is 1. The second-order valence-electron chi connectivity index (χ2n) is 4.63. The van der Waals surface area contributed by atoms with E-state index in [2.05, 4.69) is 48.9 Å². The number of aromatic nitrogens is 2. The zero-order valence-corrected chi connectivity index (χ0v) is 10.5. The summed E-state index contributed by atoms with van der Waals surface area (Å²) in [6.07, 6.45) is 0. The van der Waals surface area contributed by atoms with E-state index in [0.29, 0.717) is 11.7 Å². The molecule has 0 aliphatic rings. The molecule has 2 aromatic rings. The van der Waals surface area contributed by atoms with Gasteiger partial charge in [0.1, 0.15) is 12.4 Å². The number of aliphatic hydroxyl groups is 1. The second kappa shape index (κ2) is 4.72. The summed E-state index contributed by atoms with van der Waals surface area (Å²) >= 11 is 0. The van der Waals surface area contributed by atoms with Crippen LogP contribution in [0.3, 0.4) is 0 Å². The van der Waals surface area contributed by atoms with Gasteiger partial charge >= 0.3 is 0 Å². The highest BCUT2D eigenvalue weighted by Gasteiger charge is 2.14. The quantitative estimate of drug-likeness (QED) is 0.851. The van der Waals surface area contributed by atoms with Gasteiger partial charge < -0.3 is 10.1 Å². The molecule has 0 fully saturated rings. The first-order chi connectivity index (χ1) is 8.11. The topological polar surface area (TPSA) is 48.9 Å². The van der Waals surface area contributed by atoms with Crippen molar-refractivity contribution in [3.05, 3.63) is 41.3 Å². The number of H-pyrrole nitrogens is 1. The van der Waals surface area contributed by atoms with Gasteiger partial charge in [0.05, 0.1) is 5.69 Å². The highest BCUT2D eigenvalue weighted by Crippen LogP contribution is 2.27. The molecule has 0 unspecified atom stereocenters. The lowest BCUT2D eigenvalue weighted by atomic mass is 10.0. The predicted octanol–water partition coefficient (Wildman–Crippen LogP) is 3.00. The maximum Gasteiger partial charge on any atom is 0.132 e. The first kappa shape index (κ1) is 11.9. The largest absolute Gasteiger partial charge is 0.388 e. The molecule has 2 N–H and O–H groups in total. The SMILES string of the molecule is Cc1cccc(-c2nc(CO)[nH]c2C(C)C)c1. The molecule has 0 amide bonds. The van der Waals surface area contributed by atoms with E-state index in [1.807, 2.05) is 6.07 Å². The Balaban J connectivity index is 2.53. The van der Waals surface area contributed by atoms with Crippen LogP contribution in [-0.4, -0.2) is 15.1 Å². The summed E-state index contributed by atoms with van der Waals surface area (Å²) < 4.78 is 0. The molecule has 0 atom stereocenters. The third-order valence-electron chi connectivity index (χ3n) is 2.80. The summed E-state index contributed by atoms with van der Waals surface area (Å²) in [7, 11) is 0. The van der Waals surface area contributed by atoms with Gasteiger partial charge in [0.25, 0.3) is 0 Å². The number of nitrogens with one attached hydrogen (secondary N) is 1. The summed E-state index contributed by atoms with van der Waals surface area (Å²) in [5, 5.41) is 9.16. The van der Waals surface area contributed by atoms with Gasteiger partial charge in [-0.1, -0.05) is 37.6 Å². The number of hydrogen-bond acceptors (Lipinski definition) is 2. The molecule has 0 saturated heterocycles. The van der Waals surface area contributed by atoms with Crippen LogP contribution >= 0.6 is 0 Å². The minimum absolute atomic E-state index is 0.0501. The first-order valence-corrected chi connectivity index (χ1v) is 5.88. The van der Waals surface area contributed by atoms with Crippen molar-refractivity contribution in [1.82, 2.24) is 9.97 Å². The summed E-state index contributed by atoms with van der Waals surface area (Å²) in [5.41, 5.74) is 4.35. The van der Waals surface area contributed by atoms with Gasteiger partial charge in [-0.15, -0.1) is 0 Å². The van der Waals surface area contributed by atoms with E-state index in [0.717, 1.165) is 17.0 Å². The van der Waals surface area contributed by atoms with E-state index in [1.54, 1.807) is 0 Å². The molecule has 1 aromatic heterocycles. The zero-order chi connectivity index (χ0) is 12.4. The average molecular weight is 230 g/mol. The molecule has 0 bridgehead atoms. The fraction of sp³-hybridized carbons (Fsp3) is 0.357. The van der Waals surface area contributed by atoms with Crippen LogP contribution in [0, 0.1) is 6.92 Å². The van der Waals surface area contributed by atoms with Gasteiger partial charge in [-0.3, -0.25) is 0 Å². The molecule has 3 heteroatoms. The van der Waals surface area contributed by atoms with Crippen molar-refractivity contribution >= 4 is 0 Å². The second-order valence-corrected chi connectivity index (χ2v) is 4.63. The highest BCUT2D eigenvalue weighted by atomic mass is 16.3. The van der Waals surface area contributed by atoms with Crippen molar-refractivity contribution in [2.24, 2.45) is 0 Å². The molecule has 3 nitrogen and oxygen atoms in total. The monoisotopic (exact) mass is 230 g/mol. The van der Waals surface area contributed by atoms with Crippen molar-refractivity contribution in [2.75, 3.05) is 0 Å². The number of hydrogen-bond donors (Lipinski definition) is 2. The lowest BCUT2D eigenvalue weighted by Gasteiger charge is -2.06. The smallest absolute Gasteiger partial charge is 0.132 e. The van der Waals surface area contributed by atoms with Crippen LogP contribution in [0.2, 0.25) is 0 Å². The Morgan fingerprint density at radius 3 is 2.71 bits per heavy atom. The number of benzene rings is 1. The van der Waals surface area contributed by atoms with E-state index in [9.17, 15) is 0 Å². The molecule has 0 aliphatic carbocycles.